The molecule has 8 nitrogen and oxygen atoms in total. The van der Waals surface area contributed by atoms with Crippen LogP contribution in [-0.4, -0.2) is 58.2 Å². The molecule has 0 amide bonds. The van der Waals surface area contributed by atoms with E-state index in [0.717, 1.165) is 63.2 Å². The van der Waals surface area contributed by atoms with E-state index in [0.29, 0.717) is 27.7 Å². The normalized spacial score (nSPS) is 25.4. The molecule has 3 aliphatic rings. The Morgan fingerprint density at radius 3 is 2.73 bits per heavy atom. The minimum atomic E-state index is -0.643. The Hall–Kier alpha value is -2.60. The monoisotopic (exact) mass is 542 g/mol. The van der Waals surface area contributed by atoms with Crippen LogP contribution < -0.4 is 10.2 Å². The van der Waals surface area contributed by atoms with Crippen LogP contribution in [0, 0.1) is 29.1 Å². The summed E-state index contributed by atoms with van der Waals surface area (Å²) in [4.78, 5) is 25.5. The van der Waals surface area contributed by atoms with Crippen molar-refractivity contribution in [2.24, 2.45) is 17.8 Å². The zero-order valence-corrected chi connectivity index (χ0v) is 22.4. The second-order valence-electron chi connectivity index (χ2n) is 10.6. The molecule has 2 aliphatic heterocycles. The maximum absolute atomic E-state index is 11.7. The number of piperidine rings is 1. The van der Waals surface area contributed by atoms with Gasteiger partial charge in [0.05, 0.1) is 18.2 Å². The van der Waals surface area contributed by atoms with Gasteiger partial charge >= 0.3 is 5.97 Å². The number of aliphatic carboxylic acids is 1. The summed E-state index contributed by atoms with van der Waals surface area (Å²) in [5, 5.41) is 23.6. The molecule has 3 fully saturated rings. The van der Waals surface area contributed by atoms with Crippen molar-refractivity contribution in [3.63, 3.8) is 0 Å². The Balaban J connectivity index is 1.22. The van der Waals surface area contributed by atoms with Gasteiger partial charge in [0.25, 0.3) is 0 Å². The van der Waals surface area contributed by atoms with Crippen LogP contribution in [0.25, 0.3) is 0 Å². The van der Waals surface area contributed by atoms with E-state index >= 15 is 0 Å². The largest absolute Gasteiger partial charge is 0.481 e. The molecular formula is C27H32Cl2N6O2. The fourth-order valence-electron chi connectivity index (χ4n) is 6.24. The maximum Gasteiger partial charge on any atom is 0.308 e. The minimum absolute atomic E-state index is 0.186. The van der Waals surface area contributed by atoms with Gasteiger partial charge in [0, 0.05) is 35.7 Å². The summed E-state index contributed by atoms with van der Waals surface area (Å²) < 4.78 is 0. The van der Waals surface area contributed by atoms with Crippen LogP contribution in [-0.2, 0) is 4.79 Å². The van der Waals surface area contributed by atoms with Gasteiger partial charge in [0.1, 0.15) is 11.9 Å². The topological polar surface area (TPSA) is 105 Å². The van der Waals surface area contributed by atoms with Crippen molar-refractivity contribution < 1.29 is 9.90 Å². The molecular weight excluding hydrogens is 511 g/mol. The number of nitriles is 1. The number of anilines is 2. The standard InChI is InChI=1S/C27H32Cl2N6O2/c1-16(20-8-7-19(28)10-22(20)29)32-26-23(11-30)31-12-25(33-26)35-14-18(15-35)17-4-3-9-34(13-17)24-6-2-5-21(24)27(36)37/h7-8,10,12,16-18,21,24H,2-6,9,13-15H2,1H3,(H,32,33)(H,36,37)/t16-,17?,21?,24?/m1/s1. The van der Waals surface area contributed by atoms with Gasteiger partial charge in [-0.1, -0.05) is 35.7 Å². The molecule has 10 heteroatoms. The number of rotatable bonds is 7. The van der Waals surface area contributed by atoms with Crippen molar-refractivity contribution in [1.82, 2.24) is 14.9 Å². The molecule has 196 valence electrons. The summed E-state index contributed by atoms with van der Waals surface area (Å²) in [6.45, 7) is 5.73. The van der Waals surface area contributed by atoms with Crippen molar-refractivity contribution >= 4 is 40.8 Å². The summed E-state index contributed by atoms with van der Waals surface area (Å²) in [5.41, 5.74) is 1.10. The first-order chi connectivity index (χ1) is 17.8. The molecule has 0 radical (unpaired) electrons. The summed E-state index contributed by atoms with van der Waals surface area (Å²) in [6.07, 6.45) is 6.79. The minimum Gasteiger partial charge on any atom is -0.481 e. The van der Waals surface area contributed by atoms with Crippen LogP contribution in [0.3, 0.4) is 0 Å². The third kappa shape index (κ3) is 5.50. The number of likely N-dealkylation sites (tertiary alicyclic amines) is 1. The first kappa shape index (κ1) is 26.0. The average molecular weight is 543 g/mol. The van der Waals surface area contributed by atoms with Gasteiger partial charge in [-0.2, -0.15) is 5.26 Å². The molecule has 3 heterocycles. The van der Waals surface area contributed by atoms with Gasteiger partial charge in [-0.25, -0.2) is 9.97 Å². The van der Waals surface area contributed by atoms with Crippen LogP contribution in [0.15, 0.2) is 24.4 Å². The average Bonchev–Trinajstić information content (AvgIpc) is 3.34. The Morgan fingerprint density at radius 2 is 2.00 bits per heavy atom. The summed E-state index contributed by atoms with van der Waals surface area (Å²) in [7, 11) is 0. The van der Waals surface area contributed by atoms with Gasteiger partial charge in [-0.3, -0.25) is 9.69 Å². The third-order valence-corrected chi connectivity index (χ3v) is 8.87. The van der Waals surface area contributed by atoms with Gasteiger partial charge in [-0.05, 0) is 68.7 Å². The van der Waals surface area contributed by atoms with Crippen molar-refractivity contribution in [3.05, 3.63) is 45.7 Å². The van der Waals surface area contributed by atoms with E-state index in [1.807, 2.05) is 13.0 Å². The second kappa shape index (κ2) is 11.0. The van der Waals surface area contributed by atoms with Crippen LogP contribution in [0.4, 0.5) is 11.6 Å². The highest BCUT2D eigenvalue weighted by atomic mass is 35.5. The quantitative estimate of drug-likeness (QED) is 0.489. The summed E-state index contributed by atoms with van der Waals surface area (Å²) >= 11 is 12.4. The number of carboxylic acids is 1. The Kier molecular flexibility index (Phi) is 7.75. The van der Waals surface area contributed by atoms with E-state index in [-0.39, 0.29) is 23.7 Å². The second-order valence-corrected chi connectivity index (χ2v) is 11.4. The third-order valence-electron chi connectivity index (χ3n) is 8.30. The zero-order valence-electron chi connectivity index (χ0n) is 20.9. The highest BCUT2D eigenvalue weighted by molar-refractivity contribution is 6.35. The zero-order chi connectivity index (χ0) is 26.1. The molecule has 0 bridgehead atoms. The fraction of sp³-hybridized carbons (Fsp3) is 0.556. The number of carbonyl (C=O) groups is 1. The van der Waals surface area contributed by atoms with Crippen LogP contribution >= 0.6 is 23.2 Å². The van der Waals surface area contributed by atoms with E-state index in [9.17, 15) is 15.2 Å². The van der Waals surface area contributed by atoms with E-state index < -0.39 is 5.97 Å². The molecule has 1 aromatic carbocycles. The highest BCUT2D eigenvalue weighted by Crippen LogP contribution is 2.38. The number of nitrogens with zero attached hydrogens (tertiary/aromatic N) is 5. The van der Waals surface area contributed by atoms with E-state index in [2.05, 4.69) is 26.2 Å². The molecule has 1 aliphatic carbocycles. The number of halogens is 2. The number of hydrogen-bond acceptors (Lipinski definition) is 7. The molecule has 2 saturated heterocycles. The maximum atomic E-state index is 11.7. The SMILES string of the molecule is C[C@@H](Nc1nc(N2CC(C3CCCN(C4CCCC4C(=O)O)C3)C2)cnc1C#N)c1ccc(Cl)cc1Cl. The van der Waals surface area contributed by atoms with E-state index in [1.165, 1.54) is 6.42 Å². The lowest BCUT2D eigenvalue weighted by Crippen LogP contribution is -2.55. The Labute approximate surface area is 227 Å². The molecule has 2 aromatic rings. The summed E-state index contributed by atoms with van der Waals surface area (Å²) in [6, 6.07) is 7.47. The molecule has 1 aromatic heterocycles. The lowest BCUT2D eigenvalue weighted by Gasteiger charge is -2.48. The number of benzene rings is 1. The van der Waals surface area contributed by atoms with Gasteiger partial charge < -0.3 is 15.3 Å². The number of carboxylic acid groups (broad SMARTS) is 1. The molecule has 4 atom stereocenters. The van der Waals surface area contributed by atoms with Crippen molar-refractivity contribution in [2.75, 3.05) is 36.4 Å². The first-order valence-corrected chi connectivity index (χ1v) is 13.8. The first-order valence-electron chi connectivity index (χ1n) is 13.0. The van der Waals surface area contributed by atoms with Gasteiger partial charge in [0.2, 0.25) is 0 Å². The predicted molar refractivity (Wildman–Crippen MR) is 144 cm³/mol. The van der Waals surface area contributed by atoms with Crippen LogP contribution in [0.2, 0.25) is 10.0 Å². The smallest absolute Gasteiger partial charge is 0.308 e. The number of nitrogens with one attached hydrogen (secondary N) is 1. The summed E-state index contributed by atoms with van der Waals surface area (Å²) in [5.74, 6) is 1.44. The van der Waals surface area contributed by atoms with E-state index in [1.54, 1.807) is 18.3 Å². The fourth-order valence-corrected chi connectivity index (χ4v) is 6.81. The van der Waals surface area contributed by atoms with Crippen LogP contribution in [0.1, 0.15) is 56.3 Å². The van der Waals surface area contributed by atoms with Crippen LogP contribution in [0.5, 0.6) is 0 Å². The molecule has 2 N–H and O–H groups in total. The molecule has 0 spiro atoms. The lowest BCUT2D eigenvalue weighted by molar-refractivity contribution is -0.143. The van der Waals surface area contributed by atoms with Gasteiger partial charge in [-0.15, -0.1) is 0 Å². The highest BCUT2D eigenvalue weighted by Gasteiger charge is 2.42. The molecule has 37 heavy (non-hydrogen) atoms. The predicted octanol–water partition coefficient (Wildman–Crippen LogP) is 5.23. The van der Waals surface area contributed by atoms with Gasteiger partial charge in [0.15, 0.2) is 11.5 Å². The van der Waals surface area contributed by atoms with Crippen molar-refractivity contribution in [2.45, 2.75) is 51.1 Å². The van der Waals surface area contributed by atoms with E-state index in [4.69, 9.17) is 28.2 Å². The number of aromatic nitrogens is 2. The molecule has 5 rings (SSSR count). The van der Waals surface area contributed by atoms with Crippen molar-refractivity contribution in [1.29, 1.82) is 5.26 Å². The van der Waals surface area contributed by atoms with Crippen molar-refractivity contribution in [3.8, 4) is 6.07 Å². The number of hydrogen-bond donors (Lipinski definition) is 2. The molecule has 1 saturated carbocycles. The Morgan fingerprint density at radius 1 is 1.19 bits per heavy atom. The Bertz CT molecular complexity index is 1200. The lowest BCUT2D eigenvalue weighted by atomic mass is 9.80. The molecule has 3 unspecified atom stereocenters.